The summed E-state index contributed by atoms with van der Waals surface area (Å²) in [7, 11) is 0. The van der Waals surface area contributed by atoms with E-state index in [0.717, 1.165) is 19.5 Å². The fourth-order valence-corrected chi connectivity index (χ4v) is 1.59. The highest BCUT2D eigenvalue weighted by atomic mass is 16.3. The number of phenolic OH excluding ortho intramolecular Hbond substituents is 1. The molecule has 1 aromatic carbocycles. The summed E-state index contributed by atoms with van der Waals surface area (Å²) in [5.74, 6) is 0.372. The molecule has 0 saturated heterocycles. The predicted octanol–water partition coefficient (Wildman–Crippen LogP) is 2.71. The summed E-state index contributed by atoms with van der Waals surface area (Å²) in [5.41, 5.74) is 1.23. The monoisotopic (exact) mass is 207 g/mol. The summed E-state index contributed by atoms with van der Waals surface area (Å²) < 4.78 is 0. The third kappa shape index (κ3) is 5.43. The van der Waals surface area contributed by atoms with Crippen LogP contribution in [0.5, 0.6) is 5.75 Å². The molecule has 0 atom stereocenters. The molecule has 0 aliphatic rings. The van der Waals surface area contributed by atoms with E-state index < -0.39 is 0 Å². The van der Waals surface area contributed by atoms with E-state index in [4.69, 9.17) is 0 Å². The van der Waals surface area contributed by atoms with E-state index in [9.17, 15) is 5.11 Å². The van der Waals surface area contributed by atoms with Gasteiger partial charge in [-0.25, -0.2) is 0 Å². The number of nitrogens with one attached hydrogen (secondary N) is 1. The van der Waals surface area contributed by atoms with E-state index in [2.05, 4.69) is 18.3 Å². The molecule has 1 rings (SSSR count). The third-order valence-electron chi connectivity index (χ3n) is 2.41. The standard InChI is InChI=1S/C13H21NO/c1-2-9-14-10-4-3-6-12-7-5-8-13(15)11-12/h5,7-8,11,14-15H,2-4,6,9-10H2,1H3. The Morgan fingerprint density at radius 1 is 1.20 bits per heavy atom. The second-order valence-electron chi connectivity index (χ2n) is 3.88. The Bertz CT molecular complexity index is 273. The van der Waals surface area contributed by atoms with Crippen LogP contribution in [-0.4, -0.2) is 18.2 Å². The molecule has 0 aromatic heterocycles. The van der Waals surface area contributed by atoms with Crippen molar-refractivity contribution in [2.45, 2.75) is 32.6 Å². The molecule has 2 heteroatoms. The van der Waals surface area contributed by atoms with E-state index >= 15 is 0 Å². The van der Waals surface area contributed by atoms with Crippen LogP contribution < -0.4 is 5.32 Å². The van der Waals surface area contributed by atoms with E-state index in [0.29, 0.717) is 5.75 Å². The zero-order valence-corrected chi connectivity index (χ0v) is 9.50. The molecule has 0 aliphatic heterocycles. The molecule has 1 aromatic rings. The van der Waals surface area contributed by atoms with Crippen molar-refractivity contribution in [3.63, 3.8) is 0 Å². The lowest BCUT2D eigenvalue weighted by Gasteiger charge is -2.03. The van der Waals surface area contributed by atoms with Gasteiger partial charge in [-0.05, 0) is 56.5 Å². The average molecular weight is 207 g/mol. The zero-order chi connectivity index (χ0) is 10.9. The van der Waals surface area contributed by atoms with Crippen LogP contribution in [0.25, 0.3) is 0 Å². The summed E-state index contributed by atoms with van der Waals surface area (Å²) in [6.45, 7) is 4.40. The minimum atomic E-state index is 0.372. The van der Waals surface area contributed by atoms with Gasteiger partial charge in [0, 0.05) is 0 Å². The molecule has 0 spiro atoms. The number of hydrogen-bond donors (Lipinski definition) is 2. The number of rotatable bonds is 7. The lowest BCUT2D eigenvalue weighted by Crippen LogP contribution is -2.15. The molecule has 0 fully saturated rings. The molecule has 0 aliphatic carbocycles. The summed E-state index contributed by atoms with van der Waals surface area (Å²) >= 11 is 0. The van der Waals surface area contributed by atoms with Gasteiger partial charge in [0.05, 0.1) is 0 Å². The fraction of sp³-hybridized carbons (Fsp3) is 0.538. The molecule has 0 heterocycles. The van der Waals surface area contributed by atoms with Gasteiger partial charge in [0.1, 0.15) is 5.75 Å². The first kappa shape index (κ1) is 12.1. The van der Waals surface area contributed by atoms with Gasteiger partial charge in [0.25, 0.3) is 0 Å². The zero-order valence-electron chi connectivity index (χ0n) is 9.50. The second-order valence-corrected chi connectivity index (χ2v) is 3.88. The first-order valence-corrected chi connectivity index (χ1v) is 5.81. The van der Waals surface area contributed by atoms with Gasteiger partial charge in [-0.3, -0.25) is 0 Å². The predicted molar refractivity (Wildman–Crippen MR) is 64.2 cm³/mol. The van der Waals surface area contributed by atoms with Gasteiger partial charge in [-0.15, -0.1) is 0 Å². The van der Waals surface area contributed by atoms with Gasteiger partial charge >= 0.3 is 0 Å². The van der Waals surface area contributed by atoms with Crippen LogP contribution in [0.1, 0.15) is 31.7 Å². The molecular weight excluding hydrogens is 186 g/mol. The first-order chi connectivity index (χ1) is 7.33. The smallest absolute Gasteiger partial charge is 0.115 e. The first-order valence-electron chi connectivity index (χ1n) is 5.81. The third-order valence-corrected chi connectivity index (χ3v) is 2.41. The quantitative estimate of drug-likeness (QED) is 0.674. The summed E-state index contributed by atoms with van der Waals surface area (Å²) in [4.78, 5) is 0. The van der Waals surface area contributed by atoms with Crippen molar-refractivity contribution in [3.05, 3.63) is 29.8 Å². The molecular formula is C13H21NO. The minimum Gasteiger partial charge on any atom is -0.508 e. The second kappa shape index (κ2) is 7.30. The van der Waals surface area contributed by atoms with Crippen molar-refractivity contribution < 1.29 is 5.11 Å². The van der Waals surface area contributed by atoms with Crippen LogP contribution >= 0.6 is 0 Å². The average Bonchev–Trinajstić information content (AvgIpc) is 2.23. The topological polar surface area (TPSA) is 32.3 Å². The SMILES string of the molecule is CCCNCCCCc1cccc(O)c1. The molecule has 84 valence electrons. The number of aromatic hydroxyl groups is 1. The molecule has 15 heavy (non-hydrogen) atoms. The molecule has 0 radical (unpaired) electrons. The van der Waals surface area contributed by atoms with E-state index in [1.54, 1.807) is 6.07 Å². The van der Waals surface area contributed by atoms with Gasteiger partial charge in [0.15, 0.2) is 0 Å². The maximum Gasteiger partial charge on any atom is 0.115 e. The van der Waals surface area contributed by atoms with Crippen LogP contribution in [-0.2, 0) is 6.42 Å². The van der Waals surface area contributed by atoms with Gasteiger partial charge in [-0.1, -0.05) is 19.1 Å². The highest BCUT2D eigenvalue weighted by molar-refractivity contribution is 5.27. The van der Waals surface area contributed by atoms with Gasteiger partial charge < -0.3 is 10.4 Å². The highest BCUT2D eigenvalue weighted by Gasteiger charge is 1.94. The summed E-state index contributed by atoms with van der Waals surface area (Å²) in [6.07, 6.45) is 4.64. The highest BCUT2D eigenvalue weighted by Crippen LogP contribution is 2.12. The fourth-order valence-electron chi connectivity index (χ4n) is 1.59. The Balaban J connectivity index is 2.10. The van der Waals surface area contributed by atoms with Crippen molar-refractivity contribution in [1.29, 1.82) is 0 Å². The number of phenols is 1. The van der Waals surface area contributed by atoms with Crippen molar-refractivity contribution in [2.75, 3.05) is 13.1 Å². The lowest BCUT2D eigenvalue weighted by atomic mass is 10.1. The normalized spacial score (nSPS) is 10.5. The Kier molecular flexibility index (Phi) is 5.86. The Morgan fingerprint density at radius 3 is 2.80 bits per heavy atom. The van der Waals surface area contributed by atoms with Crippen molar-refractivity contribution in [2.24, 2.45) is 0 Å². The summed E-state index contributed by atoms with van der Waals surface area (Å²) in [6, 6.07) is 7.53. The van der Waals surface area contributed by atoms with Crippen LogP contribution in [0, 0.1) is 0 Å². The van der Waals surface area contributed by atoms with Crippen LogP contribution in [0.4, 0.5) is 0 Å². The molecule has 0 unspecified atom stereocenters. The number of unbranched alkanes of at least 4 members (excludes halogenated alkanes) is 1. The molecule has 0 saturated carbocycles. The van der Waals surface area contributed by atoms with Gasteiger partial charge in [0.2, 0.25) is 0 Å². The van der Waals surface area contributed by atoms with Crippen LogP contribution in [0.3, 0.4) is 0 Å². The summed E-state index contributed by atoms with van der Waals surface area (Å²) in [5, 5.41) is 12.7. The Labute approximate surface area is 92.3 Å². The maximum absolute atomic E-state index is 9.27. The van der Waals surface area contributed by atoms with E-state index in [1.807, 2.05) is 12.1 Å². The van der Waals surface area contributed by atoms with Crippen molar-refractivity contribution >= 4 is 0 Å². The van der Waals surface area contributed by atoms with E-state index in [1.165, 1.54) is 24.8 Å². The van der Waals surface area contributed by atoms with Gasteiger partial charge in [-0.2, -0.15) is 0 Å². The largest absolute Gasteiger partial charge is 0.508 e. The van der Waals surface area contributed by atoms with Crippen LogP contribution in [0.2, 0.25) is 0 Å². The van der Waals surface area contributed by atoms with Crippen molar-refractivity contribution in [1.82, 2.24) is 5.32 Å². The molecule has 0 amide bonds. The van der Waals surface area contributed by atoms with E-state index in [-0.39, 0.29) is 0 Å². The molecule has 2 nitrogen and oxygen atoms in total. The Morgan fingerprint density at radius 2 is 2.07 bits per heavy atom. The lowest BCUT2D eigenvalue weighted by molar-refractivity contribution is 0.474. The van der Waals surface area contributed by atoms with Crippen LogP contribution in [0.15, 0.2) is 24.3 Å². The number of benzene rings is 1. The van der Waals surface area contributed by atoms with Crippen molar-refractivity contribution in [3.8, 4) is 5.75 Å². The number of aryl methyl sites for hydroxylation is 1. The number of hydrogen-bond acceptors (Lipinski definition) is 2. The molecule has 2 N–H and O–H groups in total. The minimum absolute atomic E-state index is 0.372. The maximum atomic E-state index is 9.27. The molecule has 0 bridgehead atoms. The Hall–Kier alpha value is -1.02.